The molecule has 5 heterocycles. The van der Waals surface area contributed by atoms with Gasteiger partial charge in [0.15, 0.2) is 0 Å². The van der Waals surface area contributed by atoms with E-state index >= 15 is 0 Å². The number of pyridine rings is 1. The molecule has 35 heavy (non-hydrogen) atoms. The van der Waals surface area contributed by atoms with Crippen LogP contribution in [0.4, 0.5) is 5.82 Å². The molecule has 10 nitrogen and oxygen atoms in total. The van der Waals surface area contributed by atoms with Crippen molar-refractivity contribution < 1.29 is 4.79 Å². The number of hydrogen-bond donors (Lipinski definition) is 4. The van der Waals surface area contributed by atoms with Gasteiger partial charge in [-0.15, -0.1) is 0 Å². The van der Waals surface area contributed by atoms with Crippen molar-refractivity contribution in [3.63, 3.8) is 0 Å². The minimum atomic E-state index is -0.0599. The highest BCUT2D eigenvalue weighted by Gasteiger charge is 2.22. The number of imidazole rings is 1. The van der Waals surface area contributed by atoms with Gasteiger partial charge in [0.2, 0.25) is 5.91 Å². The first-order valence-electron chi connectivity index (χ1n) is 11.9. The number of aromatic nitrogens is 5. The number of piperidine rings is 1. The molecule has 1 fully saturated rings. The summed E-state index contributed by atoms with van der Waals surface area (Å²) in [6.45, 7) is 4.04. The minimum absolute atomic E-state index is 0.0471. The smallest absolute Gasteiger partial charge is 0.240 e. The number of aromatic amines is 1. The maximum Gasteiger partial charge on any atom is 0.240 e. The predicted octanol–water partition coefficient (Wildman–Crippen LogP) is 2.86. The highest BCUT2D eigenvalue weighted by atomic mass is 16.2. The molecule has 3 aromatic heterocycles. The number of nitrogens with two attached hydrogens (primary N) is 1. The lowest BCUT2D eigenvalue weighted by molar-refractivity contribution is -0.121. The summed E-state index contributed by atoms with van der Waals surface area (Å²) in [5.41, 5.74) is 15.0. The Morgan fingerprint density at radius 3 is 2.77 bits per heavy atom. The first kappa shape index (κ1) is 21.5. The van der Waals surface area contributed by atoms with Gasteiger partial charge in [-0.1, -0.05) is 13.0 Å². The van der Waals surface area contributed by atoms with Crippen LogP contribution in [0.3, 0.4) is 0 Å². The van der Waals surface area contributed by atoms with Crippen LogP contribution in [0.2, 0.25) is 0 Å². The van der Waals surface area contributed by atoms with Crippen molar-refractivity contribution in [1.82, 2.24) is 35.5 Å². The van der Waals surface area contributed by atoms with E-state index < -0.39 is 0 Å². The van der Waals surface area contributed by atoms with Crippen LogP contribution in [-0.2, 0) is 4.79 Å². The highest BCUT2D eigenvalue weighted by molar-refractivity contribution is 6.07. The largest absolute Gasteiger partial charge is 0.383 e. The summed E-state index contributed by atoms with van der Waals surface area (Å²) in [6.07, 6.45) is 8.32. The number of H-pyrrole nitrogens is 1. The molecule has 2 aliphatic rings. The fourth-order valence-corrected chi connectivity index (χ4v) is 4.88. The van der Waals surface area contributed by atoms with E-state index in [-0.39, 0.29) is 11.8 Å². The molecule has 0 saturated carbocycles. The Balaban J connectivity index is 1.32. The summed E-state index contributed by atoms with van der Waals surface area (Å²) < 4.78 is 2.06. The molecule has 1 unspecified atom stereocenters. The van der Waals surface area contributed by atoms with Gasteiger partial charge in [-0.3, -0.25) is 9.48 Å². The second kappa shape index (κ2) is 8.62. The lowest BCUT2D eigenvalue weighted by Crippen LogP contribution is -2.31. The number of benzene rings is 1. The standard InChI is InChI=1S/C25H27N9O/c1-14-8-22(35)32-33-23(14)15-2-3-20-21(10-15)31-25(30-20)19-9-16(11-28-24(19)26)17-12-29-34(13-17)18-4-6-27-7-5-18/h2-3,9-14,18,27H,4-8H2,1H3,(H2,26,28)(H,30,31)(H,32,35). The number of nitrogen functional groups attached to an aromatic ring is 1. The number of nitrogens with zero attached hydrogens (tertiary/aromatic N) is 5. The molecule has 2 aliphatic heterocycles. The molecule has 0 spiro atoms. The molecule has 1 amide bonds. The minimum Gasteiger partial charge on any atom is -0.383 e. The van der Waals surface area contributed by atoms with Crippen LogP contribution >= 0.6 is 0 Å². The zero-order valence-electron chi connectivity index (χ0n) is 19.5. The molecule has 0 aliphatic carbocycles. The molecular weight excluding hydrogens is 442 g/mol. The Bertz CT molecular complexity index is 1440. The molecule has 5 N–H and O–H groups in total. The van der Waals surface area contributed by atoms with Crippen molar-refractivity contribution in [2.75, 3.05) is 18.8 Å². The Hall–Kier alpha value is -4.05. The third-order valence-electron chi connectivity index (χ3n) is 6.83. The average Bonchev–Trinajstić information content (AvgIpc) is 3.52. The number of carbonyl (C=O) groups is 1. The molecule has 1 aromatic carbocycles. The van der Waals surface area contributed by atoms with Gasteiger partial charge in [-0.25, -0.2) is 15.4 Å². The van der Waals surface area contributed by atoms with Crippen molar-refractivity contribution in [2.45, 2.75) is 32.2 Å². The topological polar surface area (TPSA) is 139 Å². The molecule has 0 bridgehead atoms. The SMILES string of the molecule is CC1CC(=O)NN=C1c1ccc2nc(-c3cc(-c4cnn(C5CCNCC5)c4)cnc3N)[nH]c2c1. The first-order valence-corrected chi connectivity index (χ1v) is 11.9. The number of carbonyl (C=O) groups excluding carboxylic acids is 1. The number of anilines is 1. The van der Waals surface area contributed by atoms with Crippen LogP contribution < -0.4 is 16.5 Å². The Kier molecular flexibility index (Phi) is 5.29. The predicted molar refractivity (Wildman–Crippen MR) is 135 cm³/mol. The van der Waals surface area contributed by atoms with Gasteiger partial charge in [-0.05, 0) is 44.1 Å². The Morgan fingerprint density at radius 2 is 1.94 bits per heavy atom. The molecule has 178 valence electrons. The highest BCUT2D eigenvalue weighted by Crippen LogP contribution is 2.31. The molecule has 1 saturated heterocycles. The van der Waals surface area contributed by atoms with Crippen LogP contribution in [-0.4, -0.2) is 49.4 Å². The van der Waals surface area contributed by atoms with Gasteiger partial charge in [0.05, 0.1) is 34.5 Å². The van der Waals surface area contributed by atoms with Gasteiger partial charge in [0.1, 0.15) is 11.6 Å². The number of hydrogen-bond acceptors (Lipinski definition) is 7. The van der Waals surface area contributed by atoms with E-state index in [1.165, 1.54) is 0 Å². The van der Waals surface area contributed by atoms with Gasteiger partial charge >= 0.3 is 0 Å². The lowest BCUT2D eigenvalue weighted by atomic mass is 9.94. The second-order valence-electron chi connectivity index (χ2n) is 9.30. The molecule has 1 atom stereocenters. The number of nitrogens with one attached hydrogen (secondary N) is 3. The van der Waals surface area contributed by atoms with Gasteiger partial charge in [-0.2, -0.15) is 10.2 Å². The van der Waals surface area contributed by atoms with E-state index in [9.17, 15) is 4.79 Å². The molecular formula is C25H27N9O. The lowest BCUT2D eigenvalue weighted by Gasteiger charge is -2.22. The maximum absolute atomic E-state index is 11.6. The second-order valence-corrected chi connectivity index (χ2v) is 9.30. The van der Waals surface area contributed by atoms with Crippen LogP contribution in [0.1, 0.15) is 37.8 Å². The van der Waals surface area contributed by atoms with E-state index in [2.05, 4.69) is 41.8 Å². The molecule has 0 radical (unpaired) electrons. The van der Waals surface area contributed by atoms with Crippen molar-refractivity contribution in [1.29, 1.82) is 0 Å². The third-order valence-corrected chi connectivity index (χ3v) is 6.83. The zero-order chi connectivity index (χ0) is 23.9. The maximum atomic E-state index is 11.6. The average molecular weight is 470 g/mol. The van der Waals surface area contributed by atoms with Gasteiger partial charge in [0, 0.05) is 41.4 Å². The summed E-state index contributed by atoms with van der Waals surface area (Å²) in [5.74, 6) is 1.05. The summed E-state index contributed by atoms with van der Waals surface area (Å²) in [6, 6.07) is 8.36. The summed E-state index contributed by atoms with van der Waals surface area (Å²) in [4.78, 5) is 24.2. The van der Waals surface area contributed by atoms with E-state index in [1.807, 2.05) is 37.4 Å². The number of amides is 1. The van der Waals surface area contributed by atoms with E-state index in [0.29, 0.717) is 24.1 Å². The molecule has 4 aromatic rings. The van der Waals surface area contributed by atoms with Crippen molar-refractivity contribution in [2.24, 2.45) is 11.0 Å². The van der Waals surface area contributed by atoms with E-state index in [1.54, 1.807) is 6.20 Å². The fourth-order valence-electron chi connectivity index (χ4n) is 4.88. The third kappa shape index (κ3) is 4.06. The number of fused-ring (bicyclic) bond motifs is 1. The molecule has 10 heteroatoms. The first-order chi connectivity index (χ1) is 17.0. The van der Waals surface area contributed by atoms with Crippen molar-refractivity contribution in [3.8, 4) is 22.5 Å². The quantitative estimate of drug-likeness (QED) is 0.362. The fraction of sp³-hybridized carbons (Fsp3) is 0.320. The summed E-state index contributed by atoms with van der Waals surface area (Å²) in [5, 5.41) is 12.3. The van der Waals surface area contributed by atoms with Crippen LogP contribution in [0.5, 0.6) is 0 Å². The number of hydrazone groups is 1. The van der Waals surface area contributed by atoms with E-state index in [0.717, 1.165) is 64.9 Å². The van der Waals surface area contributed by atoms with E-state index in [4.69, 9.17) is 10.7 Å². The summed E-state index contributed by atoms with van der Waals surface area (Å²) in [7, 11) is 0. The zero-order valence-corrected chi connectivity index (χ0v) is 19.5. The Morgan fingerprint density at radius 1 is 1.09 bits per heavy atom. The molecule has 6 rings (SSSR count). The normalized spacial score (nSPS) is 19.1. The van der Waals surface area contributed by atoms with Crippen LogP contribution in [0, 0.1) is 5.92 Å². The summed E-state index contributed by atoms with van der Waals surface area (Å²) >= 11 is 0. The van der Waals surface area contributed by atoms with Crippen LogP contribution in [0.25, 0.3) is 33.5 Å². The Labute approximate surface area is 202 Å². The van der Waals surface area contributed by atoms with Gasteiger partial charge < -0.3 is 16.0 Å². The van der Waals surface area contributed by atoms with Crippen molar-refractivity contribution in [3.05, 3.63) is 48.4 Å². The monoisotopic (exact) mass is 469 g/mol. The van der Waals surface area contributed by atoms with Crippen molar-refractivity contribution >= 4 is 28.5 Å². The number of rotatable bonds is 4. The van der Waals surface area contributed by atoms with Crippen LogP contribution in [0.15, 0.2) is 48.0 Å². The van der Waals surface area contributed by atoms with Gasteiger partial charge in [0.25, 0.3) is 0 Å².